The van der Waals surface area contributed by atoms with Crippen LogP contribution in [0.4, 0.5) is 0 Å². The van der Waals surface area contributed by atoms with Gasteiger partial charge in [0.15, 0.2) is 12.5 Å². The first-order valence-corrected chi connectivity index (χ1v) is 13.0. The van der Waals surface area contributed by atoms with Crippen molar-refractivity contribution in [3.05, 3.63) is 33.1 Å². The van der Waals surface area contributed by atoms with Crippen LogP contribution in [0.15, 0.2) is 21.9 Å². The lowest BCUT2D eigenvalue weighted by Gasteiger charge is -2.39. The first-order valence-electron chi connectivity index (χ1n) is 9.99. The van der Waals surface area contributed by atoms with Crippen LogP contribution in [0.5, 0.6) is 0 Å². The zero-order valence-electron chi connectivity index (χ0n) is 17.9. The lowest BCUT2D eigenvalue weighted by molar-refractivity contribution is -0.280. The number of aliphatic hydroxyl groups is 6. The molecule has 0 aromatic carbocycles. The van der Waals surface area contributed by atoms with Gasteiger partial charge in [0.1, 0.15) is 42.7 Å². The summed E-state index contributed by atoms with van der Waals surface area (Å²) in [6, 6.07) is 0.928. The molecule has 36 heavy (non-hydrogen) atoms. The van der Waals surface area contributed by atoms with E-state index in [9.17, 15) is 54.0 Å². The van der Waals surface area contributed by atoms with Crippen LogP contribution < -0.4 is 11.2 Å². The molecule has 0 amide bonds. The summed E-state index contributed by atoms with van der Waals surface area (Å²) in [5, 5.41) is 58.6. The van der Waals surface area contributed by atoms with Crippen molar-refractivity contribution in [1.29, 1.82) is 0 Å². The van der Waals surface area contributed by atoms with E-state index in [1.165, 1.54) is 0 Å². The average Bonchev–Trinajstić information content (AvgIpc) is 3.06. The van der Waals surface area contributed by atoms with Crippen molar-refractivity contribution in [3.8, 4) is 0 Å². The lowest BCUT2D eigenvalue weighted by atomic mass is 10.00. The third-order valence-corrected chi connectivity index (χ3v) is 7.76. The molecule has 3 unspecified atom stereocenters. The predicted molar refractivity (Wildman–Crippen MR) is 109 cm³/mol. The average molecular weight is 566 g/mol. The minimum absolute atomic E-state index is 0.723. The highest BCUT2D eigenvalue weighted by Crippen LogP contribution is 2.61. The molecular weight excluding hydrogens is 542 g/mol. The standard InChI is InChI=1S/C15H24N2O17P2/c18-3-5-8(20)10(22)12(24)14(32-5)33-36(28,29)34-35(26,27)30-4-6-9(21)11(23)13(31-6)17-2-1-7(19)16-15(17)25/h1-2,5-6,8-14,18,20-24H,3-4H2,(H,26,27)(H,28,29)(H,16,19,25)/t5-,6-,8-,9-,10+,11-,12+,13-,14?/m1/s1. The number of hydrogen-bond acceptors (Lipinski definition) is 15. The molecule has 0 radical (unpaired) electrons. The monoisotopic (exact) mass is 566 g/mol. The van der Waals surface area contributed by atoms with Gasteiger partial charge in [-0.3, -0.25) is 23.4 Å². The van der Waals surface area contributed by atoms with E-state index < -0.39 is 95.4 Å². The highest BCUT2D eigenvalue weighted by molar-refractivity contribution is 7.61. The third kappa shape index (κ3) is 6.54. The maximum atomic E-state index is 12.2. The number of H-pyrrole nitrogens is 1. The highest BCUT2D eigenvalue weighted by Gasteiger charge is 2.49. The van der Waals surface area contributed by atoms with E-state index in [4.69, 9.17) is 14.6 Å². The molecule has 0 aliphatic carbocycles. The number of ether oxygens (including phenoxy) is 2. The van der Waals surface area contributed by atoms with Gasteiger partial charge in [0.05, 0.1) is 13.2 Å². The van der Waals surface area contributed by atoms with Crippen molar-refractivity contribution in [3.63, 3.8) is 0 Å². The molecule has 1 aromatic rings. The van der Waals surface area contributed by atoms with E-state index in [2.05, 4.69) is 13.4 Å². The van der Waals surface area contributed by atoms with Crippen LogP contribution in [0.1, 0.15) is 6.23 Å². The second kappa shape index (κ2) is 11.2. The van der Waals surface area contributed by atoms with Crippen LogP contribution in [-0.2, 0) is 32.0 Å². The summed E-state index contributed by atoms with van der Waals surface area (Å²) < 4.78 is 48.1. The van der Waals surface area contributed by atoms with Gasteiger partial charge in [-0.05, 0) is 0 Å². The Morgan fingerprint density at radius 2 is 1.56 bits per heavy atom. The van der Waals surface area contributed by atoms with Gasteiger partial charge in [-0.25, -0.2) is 13.9 Å². The Kier molecular flexibility index (Phi) is 9.05. The molecule has 19 nitrogen and oxygen atoms in total. The lowest BCUT2D eigenvalue weighted by Crippen LogP contribution is -2.58. The maximum absolute atomic E-state index is 12.2. The number of hydrogen-bond donors (Lipinski definition) is 9. The fourth-order valence-electron chi connectivity index (χ4n) is 3.35. The quantitative estimate of drug-likeness (QED) is 0.127. The normalized spacial score (nSPS) is 38.4. The predicted octanol–water partition coefficient (Wildman–Crippen LogP) is -4.79. The van der Waals surface area contributed by atoms with Crippen LogP contribution in [0.25, 0.3) is 0 Å². The molecule has 2 fully saturated rings. The van der Waals surface area contributed by atoms with Crippen molar-refractivity contribution in [2.75, 3.05) is 13.2 Å². The van der Waals surface area contributed by atoms with E-state index in [0.717, 1.165) is 16.8 Å². The molecule has 0 spiro atoms. The molecule has 2 saturated heterocycles. The van der Waals surface area contributed by atoms with Crippen LogP contribution in [-0.4, -0.2) is 112 Å². The molecule has 0 bridgehead atoms. The number of phosphoric ester groups is 2. The molecule has 3 heterocycles. The minimum atomic E-state index is -5.59. The smallest absolute Gasteiger partial charge is 0.394 e. The van der Waals surface area contributed by atoms with Crippen molar-refractivity contribution in [1.82, 2.24) is 9.55 Å². The topological polar surface area (TPSA) is 297 Å². The fourth-order valence-corrected chi connectivity index (χ4v) is 5.51. The van der Waals surface area contributed by atoms with E-state index >= 15 is 0 Å². The van der Waals surface area contributed by atoms with Gasteiger partial charge in [0, 0.05) is 12.3 Å². The summed E-state index contributed by atoms with van der Waals surface area (Å²) in [6.45, 7) is -1.93. The SMILES string of the molecule is O=c1ccn([C@@H]2O[C@H](COP(=O)(O)OP(=O)(O)OC3O[C@H](CO)[C@@H](O)[C@H](O)[C@@H]3O)[C@@H](O)[C@H]2O)c(=O)[nH]1. The Bertz CT molecular complexity index is 1120. The summed E-state index contributed by atoms with van der Waals surface area (Å²) in [5.41, 5.74) is -1.75. The van der Waals surface area contributed by atoms with E-state index in [1.54, 1.807) is 0 Å². The molecule has 2 aliphatic rings. The van der Waals surface area contributed by atoms with Crippen molar-refractivity contribution >= 4 is 15.6 Å². The molecule has 2 aliphatic heterocycles. The molecule has 1 aromatic heterocycles. The van der Waals surface area contributed by atoms with Gasteiger partial charge in [-0.15, -0.1) is 0 Å². The Hall–Kier alpha value is -1.38. The van der Waals surface area contributed by atoms with Crippen LogP contribution in [0, 0.1) is 0 Å². The molecule has 206 valence electrons. The Morgan fingerprint density at radius 1 is 0.917 bits per heavy atom. The zero-order valence-corrected chi connectivity index (χ0v) is 19.6. The summed E-state index contributed by atoms with van der Waals surface area (Å²) in [5.74, 6) is 0. The number of aliphatic hydroxyl groups excluding tert-OH is 6. The Labute approximate surface area is 199 Å². The van der Waals surface area contributed by atoms with E-state index in [0.29, 0.717) is 0 Å². The third-order valence-electron chi connectivity index (χ3n) is 5.16. The van der Waals surface area contributed by atoms with E-state index in [-0.39, 0.29) is 0 Å². The van der Waals surface area contributed by atoms with Gasteiger partial charge < -0.3 is 49.9 Å². The molecule has 21 heteroatoms. The Morgan fingerprint density at radius 3 is 2.17 bits per heavy atom. The summed E-state index contributed by atoms with van der Waals surface area (Å²) in [4.78, 5) is 44.5. The maximum Gasteiger partial charge on any atom is 0.483 e. The van der Waals surface area contributed by atoms with Gasteiger partial charge in [0.2, 0.25) is 0 Å². The molecule has 3 rings (SSSR count). The van der Waals surface area contributed by atoms with Crippen molar-refractivity contribution < 1.29 is 72.4 Å². The highest BCUT2D eigenvalue weighted by atomic mass is 31.3. The summed E-state index contributed by atoms with van der Waals surface area (Å²) >= 11 is 0. The van der Waals surface area contributed by atoms with Gasteiger partial charge in [0.25, 0.3) is 5.56 Å². The number of phosphoric acid groups is 2. The van der Waals surface area contributed by atoms with E-state index in [1.807, 2.05) is 4.98 Å². The van der Waals surface area contributed by atoms with Crippen LogP contribution >= 0.6 is 15.6 Å². The van der Waals surface area contributed by atoms with Crippen LogP contribution in [0.2, 0.25) is 0 Å². The largest absolute Gasteiger partial charge is 0.483 e. The van der Waals surface area contributed by atoms with Crippen molar-refractivity contribution in [2.45, 2.75) is 55.2 Å². The van der Waals surface area contributed by atoms with Crippen LogP contribution in [0.3, 0.4) is 0 Å². The van der Waals surface area contributed by atoms with Crippen molar-refractivity contribution in [2.24, 2.45) is 0 Å². The minimum Gasteiger partial charge on any atom is -0.394 e. The number of aromatic amines is 1. The summed E-state index contributed by atoms with van der Waals surface area (Å²) in [7, 11) is -11.1. The first kappa shape index (κ1) is 29.2. The molecule has 0 saturated carbocycles. The molecule has 9 N–H and O–H groups in total. The molecular formula is C15H24N2O17P2. The number of nitrogens with one attached hydrogen (secondary N) is 1. The van der Waals surface area contributed by atoms with Gasteiger partial charge in [-0.2, -0.15) is 4.31 Å². The van der Waals surface area contributed by atoms with Gasteiger partial charge in [-0.1, -0.05) is 0 Å². The molecule has 11 atom stereocenters. The van der Waals surface area contributed by atoms with Gasteiger partial charge >= 0.3 is 21.3 Å². The second-order valence-corrected chi connectivity index (χ2v) is 10.7. The Balaban J connectivity index is 1.61. The summed E-state index contributed by atoms with van der Waals surface area (Å²) in [6.07, 6.45) is -15.4. The number of nitrogens with zero attached hydrogens (tertiary/aromatic N) is 1. The zero-order chi connectivity index (χ0) is 27.0. The number of rotatable bonds is 9. The number of aromatic nitrogens is 2. The first-order chi connectivity index (χ1) is 16.7. The fraction of sp³-hybridized carbons (Fsp3) is 0.733. The second-order valence-electron chi connectivity index (χ2n) is 7.68.